The predicted molar refractivity (Wildman–Crippen MR) is 57.6 cm³/mol. The summed E-state index contributed by atoms with van der Waals surface area (Å²) in [5.41, 5.74) is 0.813. The van der Waals surface area contributed by atoms with Gasteiger partial charge in [-0.15, -0.1) is 0 Å². The maximum atomic E-state index is 11.7. The molecule has 1 saturated heterocycles. The third-order valence-corrected chi connectivity index (χ3v) is 2.28. The Morgan fingerprint density at radius 2 is 2.13 bits per heavy atom. The number of hydrogen-bond acceptors (Lipinski definition) is 2. The van der Waals surface area contributed by atoms with Gasteiger partial charge < -0.3 is 15.0 Å². The topological polar surface area (TPSA) is 41.6 Å². The van der Waals surface area contributed by atoms with Gasteiger partial charge >= 0.3 is 6.03 Å². The van der Waals surface area contributed by atoms with E-state index in [1.807, 2.05) is 30.3 Å². The number of anilines is 1. The highest BCUT2D eigenvalue weighted by molar-refractivity contribution is 5.89. The number of benzene rings is 1. The van der Waals surface area contributed by atoms with E-state index >= 15 is 0 Å². The van der Waals surface area contributed by atoms with E-state index in [-0.39, 0.29) is 6.03 Å². The number of amides is 2. The van der Waals surface area contributed by atoms with E-state index in [0.29, 0.717) is 6.73 Å². The zero-order valence-electron chi connectivity index (χ0n) is 8.48. The maximum absolute atomic E-state index is 11.7. The summed E-state index contributed by atoms with van der Waals surface area (Å²) in [6.45, 7) is 1.90. The van der Waals surface area contributed by atoms with Gasteiger partial charge in [-0.2, -0.15) is 0 Å². The van der Waals surface area contributed by atoms with Gasteiger partial charge in [0.25, 0.3) is 0 Å². The number of nitrogens with one attached hydrogen (secondary N) is 1. The number of rotatable bonds is 1. The van der Waals surface area contributed by atoms with Crippen molar-refractivity contribution in [3.63, 3.8) is 0 Å². The van der Waals surface area contributed by atoms with E-state index in [9.17, 15) is 4.79 Å². The first-order valence-electron chi connectivity index (χ1n) is 5.05. The van der Waals surface area contributed by atoms with Crippen LogP contribution < -0.4 is 5.32 Å². The molecule has 1 aromatic rings. The summed E-state index contributed by atoms with van der Waals surface area (Å²) in [6, 6.07) is 9.33. The highest BCUT2D eigenvalue weighted by atomic mass is 16.5. The molecular formula is C11H14N2O2. The Morgan fingerprint density at radius 3 is 2.80 bits per heavy atom. The number of para-hydroxylation sites is 1. The van der Waals surface area contributed by atoms with Crippen molar-refractivity contribution in [1.82, 2.24) is 4.90 Å². The summed E-state index contributed by atoms with van der Waals surface area (Å²) < 4.78 is 5.21. The third kappa shape index (κ3) is 2.70. The zero-order valence-corrected chi connectivity index (χ0v) is 8.48. The Hall–Kier alpha value is -1.55. The van der Waals surface area contributed by atoms with Crippen molar-refractivity contribution in [2.75, 3.05) is 25.2 Å². The first-order chi connectivity index (χ1) is 7.36. The number of urea groups is 1. The largest absolute Gasteiger partial charge is 0.361 e. The molecule has 1 fully saturated rings. The van der Waals surface area contributed by atoms with E-state index in [2.05, 4.69) is 5.32 Å². The van der Waals surface area contributed by atoms with Crippen LogP contribution in [0.15, 0.2) is 30.3 Å². The second kappa shape index (κ2) is 4.79. The lowest BCUT2D eigenvalue weighted by molar-refractivity contribution is 0.0122. The van der Waals surface area contributed by atoms with Gasteiger partial charge in [0, 0.05) is 12.2 Å². The van der Waals surface area contributed by atoms with E-state index < -0.39 is 0 Å². The quantitative estimate of drug-likeness (QED) is 0.762. The van der Waals surface area contributed by atoms with Gasteiger partial charge in [-0.3, -0.25) is 0 Å². The zero-order chi connectivity index (χ0) is 10.5. The van der Waals surface area contributed by atoms with Gasteiger partial charge in [0.15, 0.2) is 0 Å². The Labute approximate surface area is 88.8 Å². The standard InChI is InChI=1S/C11H14N2O2/c14-11(13-7-4-8-15-9-13)12-10-5-2-1-3-6-10/h1-3,5-6H,4,7-9H2,(H,12,14). The maximum Gasteiger partial charge on any atom is 0.323 e. The fraction of sp³-hybridized carbons (Fsp3) is 0.364. The fourth-order valence-electron chi connectivity index (χ4n) is 1.48. The average molecular weight is 206 g/mol. The van der Waals surface area contributed by atoms with E-state index in [4.69, 9.17) is 4.74 Å². The van der Waals surface area contributed by atoms with Crippen LogP contribution in [0.3, 0.4) is 0 Å². The number of carbonyl (C=O) groups excluding carboxylic acids is 1. The minimum Gasteiger partial charge on any atom is -0.361 e. The normalized spacial score (nSPS) is 16.1. The van der Waals surface area contributed by atoms with Crippen molar-refractivity contribution < 1.29 is 9.53 Å². The summed E-state index contributed by atoms with van der Waals surface area (Å²) in [5, 5.41) is 2.82. The molecule has 1 N–H and O–H groups in total. The molecule has 1 aromatic carbocycles. The van der Waals surface area contributed by atoms with Crippen LogP contribution in [0.25, 0.3) is 0 Å². The highest BCUT2D eigenvalue weighted by Crippen LogP contribution is 2.08. The van der Waals surface area contributed by atoms with Crippen LogP contribution in [-0.2, 0) is 4.74 Å². The van der Waals surface area contributed by atoms with Crippen molar-refractivity contribution >= 4 is 11.7 Å². The summed E-state index contributed by atoms with van der Waals surface area (Å²) in [7, 11) is 0. The highest BCUT2D eigenvalue weighted by Gasteiger charge is 2.16. The van der Waals surface area contributed by atoms with Crippen molar-refractivity contribution in [3.8, 4) is 0 Å². The monoisotopic (exact) mass is 206 g/mol. The van der Waals surface area contributed by atoms with Gasteiger partial charge in [-0.25, -0.2) is 4.79 Å². The lowest BCUT2D eigenvalue weighted by Crippen LogP contribution is -2.40. The van der Waals surface area contributed by atoms with Gasteiger partial charge in [0.2, 0.25) is 0 Å². The molecule has 80 valence electrons. The molecule has 0 radical (unpaired) electrons. The molecule has 0 aliphatic carbocycles. The predicted octanol–water partition coefficient (Wildman–Crippen LogP) is 1.90. The van der Waals surface area contributed by atoms with E-state index in [1.165, 1.54) is 0 Å². The van der Waals surface area contributed by atoms with E-state index in [0.717, 1.165) is 25.3 Å². The summed E-state index contributed by atoms with van der Waals surface area (Å²) in [4.78, 5) is 13.4. The summed E-state index contributed by atoms with van der Waals surface area (Å²) >= 11 is 0. The number of hydrogen-bond donors (Lipinski definition) is 1. The van der Waals surface area contributed by atoms with Crippen molar-refractivity contribution in [3.05, 3.63) is 30.3 Å². The first-order valence-corrected chi connectivity index (χ1v) is 5.05. The Bertz CT molecular complexity index is 321. The average Bonchev–Trinajstić information content (AvgIpc) is 2.31. The van der Waals surface area contributed by atoms with Crippen molar-refractivity contribution in [2.45, 2.75) is 6.42 Å². The molecule has 0 bridgehead atoms. The SMILES string of the molecule is O=C(Nc1ccccc1)N1CCCOC1. The Kier molecular flexibility index (Phi) is 3.19. The molecule has 1 aliphatic rings. The molecule has 2 rings (SSSR count). The lowest BCUT2D eigenvalue weighted by atomic mass is 10.3. The molecule has 0 spiro atoms. The van der Waals surface area contributed by atoms with Gasteiger partial charge in [-0.1, -0.05) is 18.2 Å². The van der Waals surface area contributed by atoms with Crippen molar-refractivity contribution in [2.24, 2.45) is 0 Å². The second-order valence-corrected chi connectivity index (χ2v) is 3.45. The molecule has 4 heteroatoms. The molecule has 0 saturated carbocycles. The third-order valence-electron chi connectivity index (χ3n) is 2.28. The van der Waals surface area contributed by atoms with Gasteiger partial charge in [-0.05, 0) is 18.6 Å². The van der Waals surface area contributed by atoms with Crippen LogP contribution >= 0.6 is 0 Å². The first kappa shape index (κ1) is 9.98. The minimum absolute atomic E-state index is 0.0964. The number of nitrogens with zero attached hydrogens (tertiary/aromatic N) is 1. The molecule has 1 heterocycles. The van der Waals surface area contributed by atoms with Crippen molar-refractivity contribution in [1.29, 1.82) is 0 Å². The molecule has 1 aliphatic heterocycles. The van der Waals surface area contributed by atoms with Crippen LogP contribution in [-0.4, -0.2) is 30.8 Å². The number of carbonyl (C=O) groups is 1. The molecular weight excluding hydrogens is 192 g/mol. The molecule has 2 amide bonds. The molecule has 0 aromatic heterocycles. The van der Waals surface area contributed by atoms with Crippen LogP contribution in [0, 0.1) is 0 Å². The summed E-state index contributed by atoms with van der Waals surface area (Å²) in [5.74, 6) is 0. The van der Waals surface area contributed by atoms with Gasteiger partial charge in [0.05, 0.1) is 6.61 Å². The fourth-order valence-corrected chi connectivity index (χ4v) is 1.48. The number of ether oxygens (including phenoxy) is 1. The van der Waals surface area contributed by atoms with Crippen LogP contribution in [0.5, 0.6) is 0 Å². The minimum atomic E-state index is -0.0964. The smallest absolute Gasteiger partial charge is 0.323 e. The van der Waals surface area contributed by atoms with Crippen LogP contribution in [0.4, 0.5) is 10.5 Å². The molecule has 15 heavy (non-hydrogen) atoms. The molecule has 4 nitrogen and oxygen atoms in total. The van der Waals surface area contributed by atoms with Crippen LogP contribution in [0.2, 0.25) is 0 Å². The lowest BCUT2D eigenvalue weighted by Gasteiger charge is -2.26. The summed E-state index contributed by atoms with van der Waals surface area (Å²) in [6.07, 6.45) is 0.905. The molecule has 0 atom stereocenters. The second-order valence-electron chi connectivity index (χ2n) is 3.45. The Morgan fingerprint density at radius 1 is 1.33 bits per heavy atom. The Balaban J connectivity index is 1.91. The van der Waals surface area contributed by atoms with Gasteiger partial charge in [0.1, 0.15) is 6.73 Å². The van der Waals surface area contributed by atoms with Crippen LogP contribution in [0.1, 0.15) is 6.42 Å². The van der Waals surface area contributed by atoms with E-state index in [1.54, 1.807) is 4.90 Å². The molecule has 0 unspecified atom stereocenters.